The van der Waals surface area contributed by atoms with Crippen LogP contribution in [0.2, 0.25) is 0 Å². The van der Waals surface area contributed by atoms with Crippen LogP contribution in [0.25, 0.3) is 0 Å². The number of hydrogen-bond acceptors (Lipinski definition) is 4. The highest BCUT2D eigenvalue weighted by Gasteiger charge is 2.32. The Labute approximate surface area is 147 Å². The van der Waals surface area contributed by atoms with E-state index in [0.29, 0.717) is 32.8 Å². The molecule has 2 aromatic carbocycles. The van der Waals surface area contributed by atoms with Crippen molar-refractivity contribution in [2.75, 3.05) is 19.7 Å². The molecule has 2 aromatic rings. The SMILES string of the molecule is O=C(O)C1CN(Cc2ccccc2)C[C@@H](COCc2ccccc2)O1. The van der Waals surface area contributed by atoms with Gasteiger partial charge in [0.05, 0.1) is 19.3 Å². The predicted octanol–water partition coefficient (Wildman–Crippen LogP) is 2.56. The lowest BCUT2D eigenvalue weighted by Gasteiger charge is -2.36. The first-order valence-corrected chi connectivity index (χ1v) is 8.47. The molecule has 2 atom stereocenters. The van der Waals surface area contributed by atoms with Gasteiger partial charge in [0, 0.05) is 19.6 Å². The van der Waals surface area contributed by atoms with E-state index in [9.17, 15) is 9.90 Å². The summed E-state index contributed by atoms with van der Waals surface area (Å²) in [7, 11) is 0. The lowest BCUT2D eigenvalue weighted by molar-refractivity contribution is -0.169. The van der Waals surface area contributed by atoms with Crippen molar-refractivity contribution in [3.05, 3.63) is 71.8 Å². The largest absolute Gasteiger partial charge is 0.479 e. The van der Waals surface area contributed by atoms with Crippen molar-refractivity contribution in [1.29, 1.82) is 0 Å². The number of carboxylic acid groups (broad SMARTS) is 1. The highest BCUT2D eigenvalue weighted by atomic mass is 16.6. The van der Waals surface area contributed by atoms with Gasteiger partial charge in [0.1, 0.15) is 0 Å². The molecule has 1 N–H and O–H groups in total. The first-order chi connectivity index (χ1) is 12.2. The molecule has 0 saturated carbocycles. The molecule has 25 heavy (non-hydrogen) atoms. The van der Waals surface area contributed by atoms with Gasteiger partial charge in [0.25, 0.3) is 0 Å². The van der Waals surface area contributed by atoms with Crippen LogP contribution in [0, 0.1) is 0 Å². The fourth-order valence-electron chi connectivity index (χ4n) is 3.00. The molecule has 0 radical (unpaired) electrons. The Kier molecular flexibility index (Phi) is 6.17. The molecule has 0 aliphatic carbocycles. The molecular formula is C20H23NO4. The van der Waals surface area contributed by atoms with E-state index >= 15 is 0 Å². The summed E-state index contributed by atoms with van der Waals surface area (Å²) in [6, 6.07) is 20.0. The number of hydrogen-bond donors (Lipinski definition) is 1. The van der Waals surface area contributed by atoms with Gasteiger partial charge < -0.3 is 14.6 Å². The zero-order chi connectivity index (χ0) is 17.5. The average Bonchev–Trinajstić information content (AvgIpc) is 2.63. The molecule has 0 bridgehead atoms. The Bertz CT molecular complexity index is 662. The van der Waals surface area contributed by atoms with E-state index in [0.717, 1.165) is 11.1 Å². The number of nitrogens with zero attached hydrogens (tertiary/aromatic N) is 1. The number of rotatable bonds is 7. The molecule has 0 spiro atoms. The average molecular weight is 341 g/mol. The molecular weight excluding hydrogens is 318 g/mol. The van der Waals surface area contributed by atoms with Crippen LogP contribution in [0.1, 0.15) is 11.1 Å². The second-order valence-electron chi connectivity index (χ2n) is 6.27. The summed E-state index contributed by atoms with van der Waals surface area (Å²) in [4.78, 5) is 13.5. The number of morpholine rings is 1. The van der Waals surface area contributed by atoms with Gasteiger partial charge in [-0.25, -0.2) is 4.79 Å². The van der Waals surface area contributed by atoms with E-state index in [1.165, 1.54) is 0 Å². The Hall–Kier alpha value is -2.21. The van der Waals surface area contributed by atoms with Gasteiger partial charge in [-0.05, 0) is 11.1 Å². The minimum absolute atomic E-state index is 0.248. The van der Waals surface area contributed by atoms with Gasteiger partial charge >= 0.3 is 5.97 Å². The normalized spacial score (nSPS) is 21.1. The van der Waals surface area contributed by atoms with E-state index in [1.54, 1.807) is 0 Å². The maximum Gasteiger partial charge on any atom is 0.334 e. The second kappa shape index (κ2) is 8.76. The predicted molar refractivity (Wildman–Crippen MR) is 94.1 cm³/mol. The van der Waals surface area contributed by atoms with Crippen LogP contribution in [-0.4, -0.2) is 47.9 Å². The molecule has 1 fully saturated rings. The van der Waals surface area contributed by atoms with Crippen molar-refractivity contribution < 1.29 is 19.4 Å². The van der Waals surface area contributed by atoms with Gasteiger partial charge in [-0.15, -0.1) is 0 Å². The standard InChI is InChI=1S/C20H23NO4/c22-20(23)19-13-21(11-16-7-3-1-4-8-16)12-18(25-19)15-24-14-17-9-5-2-6-10-17/h1-10,18-19H,11-15H2,(H,22,23)/t18-,19?/m0/s1. The molecule has 3 rings (SSSR count). The Morgan fingerprint density at radius 1 is 1.04 bits per heavy atom. The first-order valence-electron chi connectivity index (χ1n) is 8.47. The fourth-order valence-corrected chi connectivity index (χ4v) is 3.00. The smallest absolute Gasteiger partial charge is 0.334 e. The van der Waals surface area contributed by atoms with Gasteiger partial charge in [-0.2, -0.15) is 0 Å². The van der Waals surface area contributed by atoms with Crippen LogP contribution in [0.4, 0.5) is 0 Å². The monoisotopic (exact) mass is 341 g/mol. The third-order valence-electron chi connectivity index (χ3n) is 4.18. The van der Waals surface area contributed by atoms with Gasteiger partial charge in [-0.3, -0.25) is 4.90 Å². The summed E-state index contributed by atoms with van der Waals surface area (Å²) < 4.78 is 11.4. The molecule has 5 nitrogen and oxygen atoms in total. The number of ether oxygens (including phenoxy) is 2. The molecule has 132 valence electrons. The quantitative estimate of drug-likeness (QED) is 0.839. The number of carboxylic acids is 1. The van der Waals surface area contributed by atoms with Gasteiger partial charge in [0.15, 0.2) is 6.10 Å². The Morgan fingerprint density at radius 2 is 1.68 bits per heavy atom. The topological polar surface area (TPSA) is 59.0 Å². The summed E-state index contributed by atoms with van der Waals surface area (Å²) in [5.74, 6) is -0.925. The van der Waals surface area contributed by atoms with Gasteiger partial charge in [0.2, 0.25) is 0 Å². The molecule has 1 unspecified atom stereocenters. The Balaban J connectivity index is 1.55. The maximum atomic E-state index is 11.4. The molecule has 1 saturated heterocycles. The molecule has 0 amide bonds. The van der Waals surface area contributed by atoms with E-state index in [4.69, 9.17) is 9.47 Å². The molecule has 1 aliphatic heterocycles. The third-order valence-corrected chi connectivity index (χ3v) is 4.18. The lowest BCUT2D eigenvalue weighted by atomic mass is 10.1. The lowest BCUT2D eigenvalue weighted by Crippen LogP contribution is -2.51. The molecule has 1 aliphatic rings. The van der Waals surface area contributed by atoms with Crippen LogP contribution in [0.15, 0.2) is 60.7 Å². The Morgan fingerprint density at radius 3 is 2.32 bits per heavy atom. The van der Waals surface area contributed by atoms with Crippen molar-refractivity contribution in [2.45, 2.75) is 25.4 Å². The summed E-state index contributed by atoms with van der Waals surface area (Å²) in [5.41, 5.74) is 2.26. The molecule has 5 heteroatoms. The van der Waals surface area contributed by atoms with E-state index in [2.05, 4.69) is 4.90 Å². The van der Waals surface area contributed by atoms with Crippen molar-refractivity contribution in [3.8, 4) is 0 Å². The van der Waals surface area contributed by atoms with Crippen LogP contribution in [0.5, 0.6) is 0 Å². The summed E-state index contributed by atoms with van der Waals surface area (Å²) >= 11 is 0. The van der Waals surface area contributed by atoms with E-state index in [1.807, 2.05) is 60.7 Å². The van der Waals surface area contributed by atoms with Gasteiger partial charge in [-0.1, -0.05) is 60.7 Å². The highest BCUT2D eigenvalue weighted by molar-refractivity contribution is 5.72. The maximum absolute atomic E-state index is 11.4. The summed E-state index contributed by atoms with van der Waals surface area (Å²) in [6.45, 7) is 2.64. The minimum Gasteiger partial charge on any atom is -0.479 e. The summed E-state index contributed by atoms with van der Waals surface area (Å²) in [5, 5.41) is 9.35. The van der Waals surface area contributed by atoms with Crippen LogP contribution in [-0.2, 0) is 27.4 Å². The minimum atomic E-state index is -0.925. The number of benzene rings is 2. The van der Waals surface area contributed by atoms with Crippen molar-refractivity contribution in [3.63, 3.8) is 0 Å². The number of aliphatic carboxylic acids is 1. The van der Waals surface area contributed by atoms with Crippen molar-refractivity contribution in [2.24, 2.45) is 0 Å². The first kappa shape index (κ1) is 17.6. The van der Waals surface area contributed by atoms with Crippen LogP contribution >= 0.6 is 0 Å². The molecule has 1 heterocycles. The van der Waals surface area contributed by atoms with E-state index < -0.39 is 12.1 Å². The van der Waals surface area contributed by atoms with Crippen LogP contribution in [0.3, 0.4) is 0 Å². The third kappa shape index (κ3) is 5.39. The van der Waals surface area contributed by atoms with Crippen LogP contribution < -0.4 is 0 Å². The molecule has 0 aromatic heterocycles. The summed E-state index contributed by atoms with van der Waals surface area (Å²) in [6.07, 6.45) is -1.06. The zero-order valence-corrected chi connectivity index (χ0v) is 14.1. The second-order valence-corrected chi connectivity index (χ2v) is 6.27. The zero-order valence-electron chi connectivity index (χ0n) is 14.1. The van der Waals surface area contributed by atoms with Crippen molar-refractivity contribution >= 4 is 5.97 Å². The van der Waals surface area contributed by atoms with Crippen molar-refractivity contribution in [1.82, 2.24) is 4.90 Å². The fraction of sp³-hybridized carbons (Fsp3) is 0.350. The number of carbonyl (C=O) groups is 1. The highest BCUT2D eigenvalue weighted by Crippen LogP contribution is 2.16. The van der Waals surface area contributed by atoms with E-state index in [-0.39, 0.29) is 6.10 Å².